The molecule has 4 rings (SSSR count). The van der Waals surface area contributed by atoms with E-state index >= 15 is 0 Å². The smallest absolute Gasteiger partial charge is 0.0497 e. The number of hydrogen-bond acceptors (Lipinski definition) is 1. The number of aryl methyl sites for hydroxylation is 2. The second-order valence-electron chi connectivity index (χ2n) is 7.58. The zero-order valence-electron chi connectivity index (χ0n) is 14.4. The fourth-order valence-corrected chi connectivity index (χ4v) is 5.10. The van der Waals surface area contributed by atoms with Crippen LogP contribution in [0.1, 0.15) is 35.1 Å². The largest absolute Gasteiger partial charge is 0.381 e. The molecule has 0 N–H and O–H groups in total. The molecule has 2 aromatic rings. The van der Waals surface area contributed by atoms with Crippen molar-refractivity contribution < 1.29 is 4.74 Å². The molecule has 0 radical (unpaired) electrons. The monoisotopic (exact) mass is 462 g/mol. The summed E-state index contributed by atoms with van der Waals surface area (Å²) >= 11 is 7.16. The maximum atomic E-state index is 6.17. The molecule has 132 valence electrons. The average molecular weight is 464 g/mol. The van der Waals surface area contributed by atoms with E-state index in [-0.39, 0.29) is 0 Å². The Morgan fingerprint density at radius 2 is 1.20 bits per heavy atom. The minimum absolute atomic E-state index is 0.681. The molecule has 0 aromatic heterocycles. The quantitative estimate of drug-likeness (QED) is 0.529. The molecule has 0 spiro atoms. The molecule has 3 heteroatoms. The topological polar surface area (TPSA) is 9.23 Å². The van der Waals surface area contributed by atoms with Gasteiger partial charge in [-0.3, -0.25) is 0 Å². The van der Waals surface area contributed by atoms with Gasteiger partial charge >= 0.3 is 0 Å². The van der Waals surface area contributed by atoms with Crippen LogP contribution in [0.4, 0.5) is 0 Å². The van der Waals surface area contributed by atoms with Gasteiger partial charge < -0.3 is 4.74 Å². The van der Waals surface area contributed by atoms with Gasteiger partial charge in [-0.25, -0.2) is 0 Å². The maximum Gasteiger partial charge on any atom is 0.0497 e. The predicted molar refractivity (Wildman–Crippen MR) is 110 cm³/mol. The summed E-state index contributed by atoms with van der Waals surface area (Å²) in [6, 6.07) is 13.5. The summed E-state index contributed by atoms with van der Waals surface area (Å²) in [5, 5.41) is 0. The molecule has 2 aromatic carbocycles. The third-order valence-corrected chi connectivity index (χ3v) is 6.69. The van der Waals surface area contributed by atoms with E-state index < -0.39 is 0 Å². The Hall–Kier alpha value is -0.640. The molecule has 0 aliphatic heterocycles. The number of rotatable bonds is 4. The van der Waals surface area contributed by atoms with Gasteiger partial charge in [0.1, 0.15) is 0 Å². The number of benzene rings is 2. The average Bonchev–Trinajstić information content (AvgIpc) is 2.62. The van der Waals surface area contributed by atoms with Gasteiger partial charge in [0.2, 0.25) is 0 Å². The van der Waals surface area contributed by atoms with Gasteiger partial charge in [-0.2, -0.15) is 0 Å². The Kier molecular flexibility index (Phi) is 5.64. The van der Waals surface area contributed by atoms with Crippen LogP contribution in [0.25, 0.3) is 0 Å². The molecule has 0 saturated carbocycles. The Bertz CT molecular complexity index is 692. The third kappa shape index (κ3) is 4.37. The fourth-order valence-electron chi connectivity index (χ4n) is 4.28. The lowest BCUT2D eigenvalue weighted by molar-refractivity contribution is 0.0635. The summed E-state index contributed by atoms with van der Waals surface area (Å²) in [5.74, 6) is 1.36. The van der Waals surface area contributed by atoms with Crippen LogP contribution in [-0.4, -0.2) is 13.2 Å². The van der Waals surface area contributed by atoms with Crippen molar-refractivity contribution in [3.8, 4) is 0 Å². The van der Waals surface area contributed by atoms with Crippen molar-refractivity contribution in [2.24, 2.45) is 11.8 Å². The van der Waals surface area contributed by atoms with E-state index in [0.717, 1.165) is 13.2 Å². The van der Waals surface area contributed by atoms with Crippen molar-refractivity contribution in [1.82, 2.24) is 0 Å². The second kappa shape index (κ2) is 7.94. The van der Waals surface area contributed by atoms with Gasteiger partial charge in [-0.1, -0.05) is 44.0 Å². The highest BCUT2D eigenvalue weighted by atomic mass is 79.9. The van der Waals surface area contributed by atoms with E-state index in [4.69, 9.17) is 4.74 Å². The lowest BCUT2D eigenvalue weighted by atomic mass is 9.84. The molecule has 1 nitrogen and oxygen atoms in total. The van der Waals surface area contributed by atoms with E-state index in [9.17, 15) is 0 Å². The van der Waals surface area contributed by atoms with Gasteiger partial charge in [-0.05, 0) is 96.9 Å². The van der Waals surface area contributed by atoms with Crippen LogP contribution >= 0.6 is 31.9 Å². The summed E-state index contributed by atoms with van der Waals surface area (Å²) in [6.07, 6.45) is 7.23. The zero-order valence-corrected chi connectivity index (χ0v) is 17.6. The van der Waals surface area contributed by atoms with E-state index in [1.54, 1.807) is 0 Å². The normalized spacial score (nSPS) is 22.3. The number of hydrogen-bond donors (Lipinski definition) is 0. The predicted octanol–water partition coefficient (Wildman–Crippen LogP) is 6.14. The van der Waals surface area contributed by atoms with Crippen LogP contribution in [0.2, 0.25) is 0 Å². The molecule has 2 aliphatic carbocycles. The molecule has 0 amide bonds. The number of fused-ring (bicyclic) bond motifs is 2. The van der Waals surface area contributed by atoms with Gasteiger partial charge in [-0.15, -0.1) is 0 Å². The minimum atomic E-state index is 0.681. The first-order valence-corrected chi connectivity index (χ1v) is 10.9. The van der Waals surface area contributed by atoms with Gasteiger partial charge in [0.25, 0.3) is 0 Å². The van der Waals surface area contributed by atoms with Gasteiger partial charge in [0.15, 0.2) is 0 Å². The SMILES string of the molecule is Brc1ccc2c(c1)CCC(COCC1CCc3cc(Br)ccc3C1)C2. The summed E-state index contributed by atoms with van der Waals surface area (Å²) in [5.41, 5.74) is 6.06. The van der Waals surface area contributed by atoms with Gasteiger partial charge in [0, 0.05) is 22.2 Å². The van der Waals surface area contributed by atoms with Crippen molar-refractivity contribution in [2.45, 2.75) is 38.5 Å². The van der Waals surface area contributed by atoms with Crippen molar-refractivity contribution in [1.29, 1.82) is 0 Å². The minimum Gasteiger partial charge on any atom is -0.381 e. The fraction of sp³-hybridized carbons (Fsp3) is 0.455. The summed E-state index contributed by atoms with van der Waals surface area (Å²) in [7, 11) is 0. The summed E-state index contributed by atoms with van der Waals surface area (Å²) in [4.78, 5) is 0. The number of ether oxygens (including phenoxy) is 1. The summed E-state index contributed by atoms with van der Waals surface area (Å²) in [6.45, 7) is 1.83. The van der Waals surface area contributed by atoms with Crippen LogP contribution in [0.15, 0.2) is 45.3 Å². The Balaban J connectivity index is 1.26. The van der Waals surface area contributed by atoms with Gasteiger partial charge in [0.05, 0.1) is 0 Å². The Labute approximate surface area is 167 Å². The van der Waals surface area contributed by atoms with Crippen molar-refractivity contribution in [3.63, 3.8) is 0 Å². The molecule has 2 aliphatic rings. The lowest BCUT2D eigenvalue weighted by Crippen LogP contribution is -2.23. The highest BCUT2D eigenvalue weighted by Gasteiger charge is 2.22. The Morgan fingerprint density at radius 3 is 1.68 bits per heavy atom. The molecular formula is C22H24Br2O. The molecule has 2 unspecified atom stereocenters. The van der Waals surface area contributed by atoms with Crippen LogP contribution in [0, 0.1) is 11.8 Å². The van der Waals surface area contributed by atoms with E-state index in [2.05, 4.69) is 68.3 Å². The van der Waals surface area contributed by atoms with Crippen molar-refractivity contribution in [3.05, 3.63) is 67.6 Å². The first-order chi connectivity index (χ1) is 12.2. The van der Waals surface area contributed by atoms with Crippen LogP contribution in [0.5, 0.6) is 0 Å². The van der Waals surface area contributed by atoms with Crippen LogP contribution in [-0.2, 0) is 30.4 Å². The zero-order chi connectivity index (χ0) is 17.2. The molecule has 0 saturated heterocycles. The molecule has 0 bridgehead atoms. The van der Waals surface area contributed by atoms with Crippen LogP contribution < -0.4 is 0 Å². The second-order valence-corrected chi connectivity index (χ2v) is 9.41. The van der Waals surface area contributed by atoms with Crippen molar-refractivity contribution in [2.75, 3.05) is 13.2 Å². The number of halogens is 2. The standard InChI is InChI=1S/C22H24Br2O/c23-21-7-5-17-9-15(1-3-19(17)11-21)13-25-14-16-2-4-20-12-22(24)8-6-18(20)10-16/h5-8,11-12,15-16H,1-4,9-10,13-14H2. The first kappa shape index (κ1) is 17.8. The maximum absolute atomic E-state index is 6.17. The summed E-state index contributed by atoms with van der Waals surface area (Å²) < 4.78 is 8.57. The highest BCUT2D eigenvalue weighted by molar-refractivity contribution is 9.10. The first-order valence-electron chi connectivity index (χ1n) is 9.30. The van der Waals surface area contributed by atoms with Crippen molar-refractivity contribution >= 4 is 31.9 Å². The molecule has 25 heavy (non-hydrogen) atoms. The molecule has 2 atom stereocenters. The molecular weight excluding hydrogens is 440 g/mol. The highest BCUT2D eigenvalue weighted by Crippen LogP contribution is 2.30. The Morgan fingerprint density at radius 1 is 0.720 bits per heavy atom. The van der Waals surface area contributed by atoms with Crippen LogP contribution in [0.3, 0.4) is 0 Å². The van der Waals surface area contributed by atoms with E-state index in [1.807, 2.05) is 0 Å². The third-order valence-electron chi connectivity index (χ3n) is 5.70. The lowest BCUT2D eigenvalue weighted by Gasteiger charge is -2.27. The molecule has 0 fully saturated rings. The molecule has 0 heterocycles. The van der Waals surface area contributed by atoms with E-state index in [1.165, 1.54) is 69.7 Å². The van der Waals surface area contributed by atoms with E-state index in [0.29, 0.717) is 11.8 Å².